The van der Waals surface area contributed by atoms with Crippen molar-refractivity contribution in [1.82, 2.24) is 5.32 Å². The first-order valence-corrected chi connectivity index (χ1v) is 11.6. The molecular formula is C26H24INO5. The number of benzene rings is 2. The zero-order chi connectivity index (χ0) is 23.7. The van der Waals surface area contributed by atoms with Crippen LogP contribution in [0.1, 0.15) is 41.3 Å². The van der Waals surface area contributed by atoms with Crippen molar-refractivity contribution in [2.75, 3.05) is 20.3 Å². The number of hydrogen-bond acceptors (Lipinski definition) is 6. The van der Waals surface area contributed by atoms with Crippen molar-refractivity contribution < 1.29 is 23.8 Å². The first kappa shape index (κ1) is 23.1. The maximum Gasteiger partial charge on any atom is 0.336 e. The van der Waals surface area contributed by atoms with E-state index in [1.165, 1.54) is 7.11 Å². The highest BCUT2D eigenvalue weighted by Crippen LogP contribution is 2.48. The van der Waals surface area contributed by atoms with Crippen LogP contribution in [0.3, 0.4) is 0 Å². The molecule has 0 radical (unpaired) electrons. The van der Waals surface area contributed by atoms with Crippen molar-refractivity contribution >= 4 is 40.0 Å². The van der Waals surface area contributed by atoms with Crippen molar-refractivity contribution in [3.8, 4) is 11.5 Å². The SMILES string of the molecule is C=CCOc1c(I)cc([C@@H]2C(C(=O)OC)=C(C)NC3=C2C(=O)c2ccccc23)cc1OCC. The number of carbonyl (C=O) groups excluding carboxylic acids is 2. The Balaban J connectivity index is 1.94. The van der Waals surface area contributed by atoms with E-state index in [2.05, 4.69) is 34.5 Å². The van der Waals surface area contributed by atoms with Crippen molar-refractivity contribution in [2.45, 2.75) is 19.8 Å². The quantitative estimate of drug-likeness (QED) is 0.294. The normalized spacial score (nSPS) is 16.7. The molecule has 1 aliphatic heterocycles. The fourth-order valence-electron chi connectivity index (χ4n) is 4.34. The number of allylic oxidation sites excluding steroid dienone is 2. The molecule has 1 heterocycles. The Bertz CT molecular complexity index is 1230. The van der Waals surface area contributed by atoms with Gasteiger partial charge in [-0.3, -0.25) is 4.79 Å². The van der Waals surface area contributed by atoms with Gasteiger partial charge in [0, 0.05) is 28.3 Å². The maximum absolute atomic E-state index is 13.5. The lowest BCUT2D eigenvalue weighted by Gasteiger charge is -2.29. The van der Waals surface area contributed by atoms with Crippen molar-refractivity contribution in [2.24, 2.45) is 0 Å². The molecule has 0 saturated heterocycles. The van der Waals surface area contributed by atoms with Gasteiger partial charge in [0.2, 0.25) is 0 Å². The summed E-state index contributed by atoms with van der Waals surface area (Å²) in [6.45, 7) is 8.19. The lowest BCUT2D eigenvalue weighted by molar-refractivity contribution is -0.136. The van der Waals surface area contributed by atoms with Gasteiger partial charge in [-0.05, 0) is 54.1 Å². The van der Waals surface area contributed by atoms with E-state index >= 15 is 0 Å². The van der Waals surface area contributed by atoms with E-state index in [-0.39, 0.29) is 5.78 Å². The van der Waals surface area contributed by atoms with Gasteiger partial charge in [-0.25, -0.2) is 4.79 Å². The molecule has 4 rings (SSSR count). The molecule has 2 aliphatic rings. The average molecular weight is 557 g/mol. The zero-order valence-electron chi connectivity index (χ0n) is 18.7. The van der Waals surface area contributed by atoms with E-state index < -0.39 is 11.9 Å². The third-order valence-electron chi connectivity index (χ3n) is 5.66. The zero-order valence-corrected chi connectivity index (χ0v) is 20.8. The van der Waals surface area contributed by atoms with Crippen LogP contribution in [0.5, 0.6) is 11.5 Å². The smallest absolute Gasteiger partial charge is 0.336 e. The Hall–Kier alpha value is -3.07. The van der Waals surface area contributed by atoms with Crippen LogP contribution in [0.15, 0.2) is 65.9 Å². The molecule has 2 aromatic rings. The highest BCUT2D eigenvalue weighted by molar-refractivity contribution is 14.1. The minimum absolute atomic E-state index is 0.105. The number of hydrogen-bond donors (Lipinski definition) is 1. The van der Waals surface area contributed by atoms with Crippen LogP contribution in [0, 0.1) is 3.57 Å². The van der Waals surface area contributed by atoms with Gasteiger partial charge in [-0.2, -0.15) is 0 Å². The van der Waals surface area contributed by atoms with E-state index in [9.17, 15) is 9.59 Å². The second kappa shape index (κ2) is 9.43. The molecule has 6 nitrogen and oxygen atoms in total. The number of ether oxygens (including phenoxy) is 3. The number of Topliss-reactive ketones (excluding diaryl/α,β-unsaturated/α-hetero) is 1. The van der Waals surface area contributed by atoms with Gasteiger partial charge in [-0.1, -0.05) is 36.9 Å². The number of rotatable bonds is 7. The molecule has 1 aliphatic carbocycles. The van der Waals surface area contributed by atoms with Crippen LogP contribution in [0.2, 0.25) is 0 Å². The first-order chi connectivity index (χ1) is 15.9. The predicted molar refractivity (Wildman–Crippen MR) is 134 cm³/mol. The van der Waals surface area contributed by atoms with E-state index in [0.717, 1.165) is 20.4 Å². The van der Waals surface area contributed by atoms with Gasteiger partial charge in [0.1, 0.15) is 6.61 Å². The molecule has 1 N–H and O–H groups in total. The van der Waals surface area contributed by atoms with Gasteiger partial charge in [0.15, 0.2) is 17.3 Å². The van der Waals surface area contributed by atoms with Crippen molar-refractivity contribution in [3.63, 3.8) is 0 Å². The second-order valence-corrected chi connectivity index (χ2v) is 8.78. The number of fused-ring (bicyclic) bond motifs is 2. The lowest BCUT2D eigenvalue weighted by Crippen LogP contribution is -2.29. The van der Waals surface area contributed by atoms with Gasteiger partial charge in [0.25, 0.3) is 0 Å². The summed E-state index contributed by atoms with van der Waals surface area (Å²) in [4.78, 5) is 26.5. The Morgan fingerprint density at radius 3 is 2.61 bits per heavy atom. The Morgan fingerprint density at radius 1 is 1.21 bits per heavy atom. The second-order valence-electron chi connectivity index (χ2n) is 7.61. The summed E-state index contributed by atoms with van der Waals surface area (Å²) in [5, 5.41) is 3.29. The van der Waals surface area contributed by atoms with Crippen molar-refractivity contribution in [1.29, 1.82) is 0 Å². The number of esters is 1. The lowest BCUT2D eigenvalue weighted by atomic mass is 9.79. The average Bonchev–Trinajstić information content (AvgIpc) is 3.09. The van der Waals surface area contributed by atoms with Gasteiger partial charge >= 0.3 is 5.97 Å². The highest BCUT2D eigenvalue weighted by Gasteiger charge is 2.43. The maximum atomic E-state index is 13.5. The van der Waals surface area contributed by atoms with Gasteiger partial charge in [-0.15, -0.1) is 0 Å². The van der Waals surface area contributed by atoms with Crippen LogP contribution in [-0.4, -0.2) is 32.1 Å². The molecule has 170 valence electrons. The van der Waals surface area contributed by atoms with Crippen molar-refractivity contribution in [3.05, 3.63) is 86.2 Å². The largest absolute Gasteiger partial charge is 0.490 e. The molecule has 0 saturated carbocycles. The molecule has 0 fully saturated rings. The van der Waals surface area contributed by atoms with Crippen LogP contribution >= 0.6 is 22.6 Å². The molecule has 0 bridgehead atoms. The number of ketones is 1. The molecule has 0 unspecified atom stereocenters. The summed E-state index contributed by atoms with van der Waals surface area (Å²) < 4.78 is 17.6. The standard InChI is InChI=1S/C26H24INO5/c1-5-11-33-25-18(27)12-15(13-19(25)32-6-2)21-20(26(30)31-4)14(3)28-23-16-9-7-8-10-17(16)24(29)22(21)23/h5,7-10,12-13,21,28H,1,6,11H2,2-4H3/t21-/m1/s1. The predicted octanol–water partition coefficient (Wildman–Crippen LogP) is 5.00. The summed E-state index contributed by atoms with van der Waals surface area (Å²) in [6, 6.07) is 11.2. The van der Waals surface area contributed by atoms with Gasteiger partial charge in [0.05, 0.1) is 28.6 Å². The summed E-state index contributed by atoms with van der Waals surface area (Å²) in [5.41, 5.74) is 4.50. The third-order valence-corrected chi connectivity index (χ3v) is 6.47. The molecule has 1 atom stereocenters. The van der Waals surface area contributed by atoms with Crippen LogP contribution < -0.4 is 14.8 Å². The first-order valence-electron chi connectivity index (χ1n) is 10.6. The van der Waals surface area contributed by atoms with E-state index in [1.807, 2.05) is 50.2 Å². The summed E-state index contributed by atoms with van der Waals surface area (Å²) in [6.07, 6.45) is 1.67. The number of carbonyl (C=O) groups is 2. The Kier molecular flexibility index (Phi) is 6.60. The third kappa shape index (κ3) is 3.94. The number of dihydropyridines is 1. The molecule has 0 spiro atoms. The number of halogens is 1. The molecule has 0 aromatic heterocycles. The van der Waals surface area contributed by atoms with E-state index in [0.29, 0.717) is 47.1 Å². The highest BCUT2D eigenvalue weighted by atomic mass is 127. The van der Waals surface area contributed by atoms with E-state index in [4.69, 9.17) is 14.2 Å². The molecule has 0 amide bonds. The minimum Gasteiger partial charge on any atom is -0.490 e. The minimum atomic E-state index is -0.616. The molecule has 7 heteroatoms. The molecular weight excluding hydrogens is 533 g/mol. The Morgan fingerprint density at radius 2 is 1.94 bits per heavy atom. The summed E-state index contributed by atoms with van der Waals surface area (Å²) in [5.74, 6) is -0.0562. The summed E-state index contributed by atoms with van der Waals surface area (Å²) >= 11 is 2.18. The number of methoxy groups -OCH3 is 1. The fourth-order valence-corrected chi connectivity index (χ4v) is 5.12. The Labute approximate surface area is 206 Å². The van der Waals surface area contributed by atoms with Crippen LogP contribution in [0.25, 0.3) is 5.70 Å². The monoisotopic (exact) mass is 557 g/mol. The summed E-state index contributed by atoms with van der Waals surface area (Å²) in [7, 11) is 1.34. The van der Waals surface area contributed by atoms with Crippen LogP contribution in [-0.2, 0) is 9.53 Å². The van der Waals surface area contributed by atoms with E-state index in [1.54, 1.807) is 6.08 Å². The fraction of sp³-hybridized carbons (Fsp3) is 0.231. The topological polar surface area (TPSA) is 73.9 Å². The van der Waals surface area contributed by atoms with Gasteiger partial charge < -0.3 is 19.5 Å². The number of nitrogens with one attached hydrogen (secondary N) is 1. The molecule has 33 heavy (non-hydrogen) atoms. The van der Waals surface area contributed by atoms with Crippen LogP contribution in [0.4, 0.5) is 0 Å². The molecule has 2 aromatic carbocycles.